The zero-order valence-electron chi connectivity index (χ0n) is 11.5. The van der Waals surface area contributed by atoms with Crippen LogP contribution in [-0.2, 0) is 17.8 Å². The molecule has 0 fully saturated rings. The fourth-order valence-electron chi connectivity index (χ4n) is 1.85. The Balaban J connectivity index is 2.58. The zero-order valence-corrected chi connectivity index (χ0v) is 11.5. The van der Waals surface area contributed by atoms with E-state index in [4.69, 9.17) is 0 Å². The second-order valence-electron chi connectivity index (χ2n) is 4.34. The average molecular weight is 279 g/mol. The maximum Gasteiger partial charge on any atom is 0.522 e. The number of hydrogen-bond acceptors (Lipinski definition) is 3. The first-order valence-corrected chi connectivity index (χ1v) is 6.29. The van der Waals surface area contributed by atoms with Crippen molar-refractivity contribution in [1.82, 2.24) is 15.1 Å². The van der Waals surface area contributed by atoms with Gasteiger partial charge in [-0.3, -0.25) is 9.42 Å². The van der Waals surface area contributed by atoms with Crippen LogP contribution in [0.4, 0.5) is 13.2 Å². The molecule has 0 aromatic carbocycles. The highest BCUT2D eigenvalue weighted by Gasteiger charge is 2.28. The normalized spacial score (nSPS) is 12.1. The van der Waals surface area contributed by atoms with Crippen LogP contribution in [0.2, 0.25) is 0 Å². The van der Waals surface area contributed by atoms with Gasteiger partial charge in [0.1, 0.15) is 0 Å². The summed E-state index contributed by atoms with van der Waals surface area (Å²) in [6.07, 6.45) is -3.55. The van der Waals surface area contributed by atoms with Crippen LogP contribution in [-0.4, -0.2) is 29.3 Å². The van der Waals surface area contributed by atoms with Gasteiger partial charge in [-0.25, -0.2) is 0 Å². The quantitative estimate of drug-likeness (QED) is 0.780. The third kappa shape index (κ3) is 5.20. The van der Waals surface area contributed by atoms with Gasteiger partial charge in [-0.05, 0) is 26.8 Å². The molecule has 19 heavy (non-hydrogen) atoms. The molecule has 0 saturated carbocycles. The SMILES string of the molecule is CCCNCc1c(C)nn(CCOC(F)(F)F)c1C. The van der Waals surface area contributed by atoms with Crippen molar-refractivity contribution in [3.05, 3.63) is 17.0 Å². The fourth-order valence-corrected chi connectivity index (χ4v) is 1.85. The van der Waals surface area contributed by atoms with Gasteiger partial charge in [0.05, 0.1) is 18.8 Å². The summed E-state index contributed by atoms with van der Waals surface area (Å²) in [7, 11) is 0. The van der Waals surface area contributed by atoms with Crippen molar-refractivity contribution >= 4 is 0 Å². The Labute approximate surface area is 110 Å². The van der Waals surface area contributed by atoms with Crippen molar-refractivity contribution in [2.45, 2.75) is 46.6 Å². The van der Waals surface area contributed by atoms with Crippen molar-refractivity contribution in [3.63, 3.8) is 0 Å². The molecule has 0 atom stereocenters. The lowest BCUT2D eigenvalue weighted by atomic mass is 10.2. The Hall–Kier alpha value is -1.08. The van der Waals surface area contributed by atoms with Crippen molar-refractivity contribution in [3.8, 4) is 0 Å². The first kappa shape index (κ1) is 16.0. The number of ether oxygens (including phenoxy) is 1. The highest BCUT2D eigenvalue weighted by atomic mass is 19.4. The molecular formula is C12H20F3N3O. The minimum absolute atomic E-state index is 0.0972. The summed E-state index contributed by atoms with van der Waals surface area (Å²) in [6.45, 7) is 7.05. The maximum absolute atomic E-state index is 11.9. The Kier molecular flexibility index (Phi) is 5.81. The summed E-state index contributed by atoms with van der Waals surface area (Å²) in [4.78, 5) is 0. The number of nitrogens with zero attached hydrogens (tertiary/aromatic N) is 2. The minimum atomic E-state index is -4.58. The van der Waals surface area contributed by atoms with Crippen LogP contribution in [0, 0.1) is 13.8 Å². The van der Waals surface area contributed by atoms with Crippen molar-refractivity contribution in [2.75, 3.05) is 13.2 Å². The molecule has 1 N–H and O–H groups in total. The van der Waals surface area contributed by atoms with Crippen LogP contribution in [0.1, 0.15) is 30.3 Å². The van der Waals surface area contributed by atoms with E-state index in [-0.39, 0.29) is 6.54 Å². The highest BCUT2D eigenvalue weighted by Crippen LogP contribution is 2.17. The molecule has 1 aromatic heterocycles. The molecule has 0 spiro atoms. The lowest BCUT2D eigenvalue weighted by Crippen LogP contribution is -2.18. The monoisotopic (exact) mass is 279 g/mol. The minimum Gasteiger partial charge on any atom is -0.313 e. The number of alkyl halides is 3. The summed E-state index contributed by atoms with van der Waals surface area (Å²) >= 11 is 0. The third-order valence-corrected chi connectivity index (χ3v) is 2.83. The smallest absolute Gasteiger partial charge is 0.313 e. The van der Waals surface area contributed by atoms with Crippen LogP contribution in [0.25, 0.3) is 0 Å². The van der Waals surface area contributed by atoms with Crippen LogP contribution in [0.3, 0.4) is 0 Å². The van der Waals surface area contributed by atoms with Crippen LogP contribution >= 0.6 is 0 Å². The van der Waals surface area contributed by atoms with Gasteiger partial charge < -0.3 is 5.32 Å². The van der Waals surface area contributed by atoms with Crippen molar-refractivity contribution < 1.29 is 17.9 Å². The lowest BCUT2D eigenvalue weighted by molar-refractivity contribution is -0.325. The molecule has 0 aliphatic rings. The molecule has 7 heteroatoms. The molecule has 4 nitrogen and oxygen atoms in total. The molecule has 0 aliphatic carbocycles. The van der Waals surface area contributed by atoms with Gasteiger partial charge in [-0.15, -0.1) is 13.2 Å². The molecule has 0 unspecified atom stereocenters. The van der Waals surface area contributed by atoms with Gasteiger partial charge in [0, 0.05) is 17.8 Å². The number of rotatable bonds is 7. The predicted molar refractivity (Wildman–Crippen MR) is 65.7 cm³/mol. The molecule has 0 aliphatic heterocycles. The van der Waals surface area contributed by atoms with E-state index in [1.165, 1.54) is 0 Å². The molecule has 1 rings (SSSR count). The fraction of sp³-hybridized carbons (Fsp3) is 0.750. The first-order valence-electron chi connectivity index (χ1n) is 6.29. The van der Waals surface area contributed by atoms with Crippen molar-refractivity contribution in [1.29, 1.82) is 0 Å². The maximum atomic E-state index is 11.9. The summed E-state index contributed by atoms with van der Waals surface area (Å²) in [5.74, 6) is 0. The van der Waals surface area contributed by atoms with E-state index < -0.39 is 13.0 Å². The Morgan fingerprint density at radius 1 is 1.32 bits per heavy atom. The number of halogens is 3. The number of hydrogen-bond donors (Lipinski definition) is 1. The predicted octanol–water partition coefficient (Wildman–Crippen LogP) is 2.54. The van der Waals surface area contributed by atoms with E-state index in [0.29, 0.717) is 6.54 Å². The van der Waals surface area contributed by atoms with Gasteiger partial charge >= 0.3 is 6.36 Å². The van der Waals surface area contributed by atoms with E-state index in [2.05, 4.69) is 22.1 Å². The Bertz CT molecular complexity index is 402. The first-order chi connectivity index (χ1) is 8.85. The van der Waals surface area contributed by atoms with E-state index in [1.54, 1.807) is 4.68 Å². The number of nitrogens with one attached hydrogen (secondary N) is 1. The molecule has 110 valence electrons. The standard InChI is InChI=1S/C12H20F3N3O/c1-4-5-16-8-11-9(2)17-18(10(11)3)6-7-19-12(13,14)15/h16H,4-8H2,1-3H3. The zero-order chi connectivity index (χ0) is 14.5. The van der Waals surface area contributed by atoms with Gasteiger partial charge in [0.25, 0.3) is 0 Å². The van der Waals surface area contributed by atoms with E-state index >= 15 is 0 Å². The number of aryl methyl sites for hydroxylation is 1. The summed E-state index contributed by atoms with van der Waals surface area (Å²) in [6, 6.07) is 0. The molecule has 1 heterocycles. The summed E-state index contributed by atoms with van der Waals surface area (Å²) in [5.41, 5.74) is 2.76. The number of aromatic nitrogens is 2. The van der Waals surface area contributed by atoms with Gasteiger partial charge in [-0.2, -0.15) is 5.10 Å². The highest BCUT2D eigenvalue weighted by molar-refractivity contribution is 5.24. The molecule has 0 radical (unpaired) electrons. The topological polar surface area (TPSA) is 39.1 Å². The molecule has 0 bridgehead atoms. The van der Waals surface area contributed by atoms with Crippen LogP contribution in [0.15, 0.2) is 0 Å². The Morgan fingerprint density at radius 2 is 2.00 bits per heavy atom. The molecule has 1 aromatic rings. The molecule has 0 amide bonds. The summed E-state index contributed by atoms with van der Waals surface area (Å²) in [5, 5.41) is 7.50. The second kappa shape index (κ2) is 6.91. The lowest BCUT2D eigenvalue weighted by Gasteiger charge is -2.09. The second-order valence-corrected chi connectivity index (χ2v) is 4.34. The van der Waals surface area contributed by atoms with E-state index in [9.17, 15) is 13.2 Å². The average Bonchev–Trinajstić information content (AvgIpc) is 2.55. The third-order valence-electron chi connectivity index (χ3n) is 2.83. The van der Waals surface area contributed by atoms with Gasteiger partial charge in [0.2, 0.25) is 0 Å². The van der Waals surface area contributed by atoms with Crippen LogP contribution in [0.5, 0.6) is 0 Å². The largest absolute Gasteiger partial charge is 0.522 e. The van der Waals surface area contributed by atoms with E-state index in [1.807, 2.05) is 13.8 Å². The van der Waals surface area contributed by atoms with Crippen LogP contribution < -0.4 is 5.32 Å². The molecule has 0 saturated heterocycles. The van der Waals surface area contributed by atoms with Gasteiger partial charge in [-0.1, -0.05) is 6.92 Å². The van der Waals surface area contributed by atoms with E-state index in [0.717, 1.165) is 29.9 Å². The summed E-state index contributed by atoms with van der Waals surface area (Å²) < 4.78 is 41.0. The molecular weight excluding hydrogens is 259 g/mol. The Morgan fingerprint density at radius 3 is 2.58 bits per heavy atom. The van der Waals surface area contributed by atoms with Gasteiger partial charge in [0.15, 0.2) is 0 Å². The van der Waals surface area contributed by atoms with Crippen molar-refractivity contribution in [2.24, 2.45) is 0 Å².